The van der Waals surface area contributed by atoms with Gasteiger partial charge in [0, 0.05) is 5.69 Å². The van der Waals surface area contributed by atoms with Crippen molar-refractivity contribution in [3.8, 4) is 0 Å². The lowest BCUT2D eigenvalue weighted by Gasteiger charge is -2.06. The zero-order chi connectivity index (χ0) is 15.3. The van der Waals surface area contributed by atoms with Crippen LogP contribution in [-0.2, 0) is 21.2 Å². The Labute approximate surface area is 124 Å². The monoisotopic (exact) mass is 304 g/mol. The van der Waals surface area contributed by atoms with Crippen molar-refractivity contribution < 1.29 is 13.2 Å². The predicted molar refractivity (Wildman–Crippen MR) is 81.5 cm³/mol. The van der Waals surface area contributed by atoms with Crippen molar-refractivity contribution in [2.24, 2.45) is 0 Å². The number of nitrogens with one attached hydrogen (secondary N) is 2. The summed E-state index contributed by atoms with van der Waals surface area (Å²) in [5.41, 5.74) is 1.48. The van der Waals surface area contributed by atoms with Crippen LogP contribution in [-0.4, -0.2) is 21.4 Å². The van der Waals surface area contributed by atoms with Crippen LogP contribution in [0.3, 0.4) is 0 Å². The fourth-order valence-corrected chi connectivity index (χ4v) is 2.55. The second-order valence-electron chi connectivity index (χ2n) is 4.44. The molecule has 2 aromatic carbocycles. The van der Waals surface area contributed by atoms with Gasteiger partial charge in [-0.1, -0.05) is 30.3 Å². The van der Waals surface area contributed by atoms with Gasteiger partial charge in [-0.2, -0.15) is 0 Å². The molecule has 1 amide bonds. The third-order valence-electron chi connectivity index (χ3n) is 2.92. The van der Waals surface area contributed by atoms with Crippen LogP contribution in [0.2, 0.25) is 0 Å². The van der Waals surface area contributed by atoms with E-state index in [1.165, 1.54) is 19.2 Å². The number of carbonyl (C=O) groups is 1. The maximum absolute atomic E-state index is 11.9. The molecule has 0 fully saturated rings. The average Bonchev–Trinajstić information content (AvgIpc) is 2.48. The van der Waals surface area contributed by atoms with E-state index in [9.17, 15) is 13.2 Å². The molecule has 0 radical (unpaired) electrons. The van der Waals surface area contributed by atoms with Crippen LogP contribution in [0.1, 0.15) is 5.56 Å². The lowest BCUT2D eigenvalue weighted by Crippen LogP contribution is -2.18. The molecule has 0 atom stereocenters. The summed E-state index contributed by atoms with van der Waals surface area (Å²) in [6.45, 7) is 0. The van der Waals surface area contributed by atoms with Gasteiger partial charge in [-0.25, -0.2) is 13.1 Å². The maximum Gasteiger partial charge on any atom is 0.240 e. The Bertz CT molecular complexity index is 710. The average molecular weight is 304 g/mol. The van der Waals surface area contributed by atoms with E-state index in [-0.39, 0.29) is 17.2 Å². The number of hydrogen-bond donors (Lipinski definition) is 2. The first-order chi connectivity index (χ1) is 10.0. The van der Waals surface area contributed by atoms with Gasteiger partial charge in [0.25, 0.3) is 0 Å². The second-order valence-corrected chi connectivity index (χ2v) is 6.33. The number of benzene rings is 2. The molecule has 2 aromatic rings. The van der Waals surface area contributed by atoms with Crippen molar-refractivity contribution in [3.05, 3.63) is 60.2 Å². The third-order valence-corrected chi connectivity index (χ3v) is 4.35. The van der Waals surface area contributed by atoms with Crippen LogP contribution in [0.5, 0.6) is 0 Å². The van der Waals surface area contributed by atoms with E-state index in [0.717, 1.165) is 11.3 Å². The van der Waals surface area contributed by atoms with Gasteiger partial charge in [0.15, 0.2) is 0 Å². The van der Waals surface area contributed by atoms with Gasteiger partial charge < -0.3 is 5.32 Å². The highest BCUT2D eigenvalue weighted by Gasteiger charge is 2.11. The highest BCUT2D eigenvalue weighted by atomic mass is 32.2. The lowest BCUT2D eigenvalue weighted by molar-refractivity contribution is -0.115. The zero-order valence-corrected chi connectivity index (χ0v) is 12.4. The van der Waals surface area contributed by atoms with Crippen molar-refractivity contribution in [1.82, 2.24) is 4.72 Å². The van der Waals surface area contributed by atoms with Crippen LogP contribution in [0.15, 0.2) is 59.5 Å². The van der Waals surface area contributed by atoms with E-state index in [0.29, 0.717) is 0 Å². The van der Waals surface area contributed by atoms with Crippen LogP contribution in [0, 0.1) is 0 Å². The van der Waals surface area contributed by atoms with Crippen LogP contribution in [0.25, 0.3) is 0 Å². The van der Waals surface area contributed by atoms with Gasteiger partial charge >= 0.3 is 0 Å². The summed E-state index contributed by atoms with van der Waals surface area (Å²) in [6, 6.07) is 15.4. The maximum atomic E-state index is 11.9. The molecule has 0 bridgehead atoms. The summed E-state index contributed by atoms with van der Waals surface area (Å²) in [7, 11) is -2.08. The third kappa shape index (κ3) is 4.14. The highest BCUT2D eigenvalue weighted by molar-refractivity contribution is 7.89. The quantitative estimate of drug-likeness (QED) is 0.884. The minimum Gasteiger partial charge on any atom is -0.326 e. The summed E-state index contributed by atoms with van der Waals surface area (Å²) in [4.78, 5) is 12.1. The van der Waals surface area contributed by atoms with Crippen molar-refractivity contribution in [3.63, 3.8) is 0 Å². The van der Waals surface area contributed by atoms with Gasteiger partial charge in [-0.05, 0) is 36.9 Å². The molecule has 0 aliphatic heterocycles. The molecule has 0 aromatic heterocycles. The van der Waals surface area contributed by atoms with Gasteiger partial charge in [-0.3, -0.25) is 4.79 Å². The van der Waals surface area contributed by atoms with Crippen molar-refractivity contribution in [1.29, 1.82) is 0 Å². The molecular weight excluding hydrogens is 288 g/mol. The summed E-state index contributed by atoms with van der Waals surface area (Å²) in [6.07, 6.45) is 0.189. The van der Waals surface area contributed by atoms with Crippen molar-refractivity contribution >= 4 is 21.6 Å². The molecule has 0 unspecified atom stereocenters. The molecule has 0 saturated carbocycles. The van der Waals surface area contributed by atoms with Gasteiger partial charge in [0.05, 0.1) is 11.3 Å². The summed E-state index contributed by atoms with van der Waals surface area (Å²) < 4.78 is 25.4. The van der Waals surface area contributed by atoms with Gasteiger partial charge in [-0.15, -0.1) is 0 Å². The molecule has 0 spiro atoms. The van der Waals surface area contributed by atoms with Crippen LogP contribution < -0.4 is 10.0 Å². The van der Waals surface area contributed by atoms with Gasteiger partial charge in [0.2, 0.25) is 15.9 Å². The fraction of sp³-hybridized carbons (Fsp3) is 0.133. The van der Waals surface area contributed by atoms with E-state index < -0.39 is 10.0 Å². The number of hydrogen-bond acceptors (Lipinski definition) is 3. The van der Waals surface area contributed by atoms with E-state index in [1.807, 2.05) is 18.2 Å². The Morgan fingerprint density at radius 1 is 1.00 bits per heavy atom. The SMILES string of the molecule is CNS(=O)(=O)c1ccc(CC(=O)Nc2ccccc2)cc1. The molecule has 6 heteroatoms. The zero-order valence-electron chi connectivity index (χ0n) is 11.5. The van der Waals surface area contributed by atoms with Gasteiger partial charge in [0.1, 0.15) is 0 Å². The van der Waals surface area contributed by atoms with Crippen molar-refractivity contribution in [2.75, 3.05) is 12.4 Å². The van der Waals surface area contributed by atoms with Crippen molar-refractivity contribution in [2.45, 2.75) is 11.3 Å². The lowest BCUT2D eigenvalue weighted by atomic mass is 10.1. The Kier molecular flexibility index (Phi) is 4.72. The predicted octanol–water partition coefficient (Wildman–Crippen LogP) is 1.78. The first-order valence-electron chi connectivity index (χ1n) is 6.38. The Balaban J connectivity index is 2.02. The molecule has 0 saturated heterocycles. The Morgan fingerprint density at radius 2 is 1.62 bits per heavy atom. The number of para-hydroxylation sites is 1. The summed E-state index contributed by atoms with van der Waals surface area (Å²) in [5, 5.41) is 2.78. The first-order valence-corrected chi connectivity index (χ1v) is 7.87. The summed E-state index contributed by atoms with van der Waals surface area (Å²) in [5.74, 6) is -0.148. The van der Waals surface area contributed by atoms with Crippen LogP contribution in [0.4, 0.5) is 5.69 Å². The van der Waals surface area contributed by atoms with E-state index >= 15 is 0 Å². The molecule has 21 heavy (non-hydrogen) atoms. The van der Waals surface area contributed by atoms with E-state index in [2.05, 4.69) is 10.0 Å². The topological polar surface area (TPSA) is 75.3 Å². The fourth-order valence-electron chi connectivity index (χ4n) is 1.82. The smallest absolute Gasteiger partial charge is 0.240 e. The minimum absolute atomic E-state index is 0.148. The summed E-state index contributed by atoms with van der Waals surface area (Å²) >= 11 is 0. The number of anilines is 1. The highest BCUT2D eigenvalue weighted by Crippen LogP contribution is 2.12. The molecular formula is C15H16N2O3S. The molecule has 0 aliphatic rings. The Morgan fingerprint density at radius 3 is 2.19 bits per heavy atom. The Hall–Kier alpha value is -2.18. The normalized spacial score (nSPS) is 11.1. The molecule has 110 valence electrons. The van der Waals surface area contributed by atoms with E-state index in [4.69, 9.17) is 0 Å². The molecule has 0 aliphatic carbocycles. The first kappa shape index (κ1) is 15.2. The standard InChI is InChI=1S/C15H16N2O3S/c1-16-21(19,20)14-9-7-12(8-10-14)11-15(18)17-13-5-3-2-4-6-13/h2-10,16H,11H2,1H3,(H,17,18). The largest absolute Gasteiger partial charge is 0.326 e. The number of amides is 1. The molecule has 5 nitrogen and oxygen atoms in total. The minimum atomic E-state index is -3.44. The molecule has 0 heterocycles. The molecule has 2 N–H and O–H groups in total. The van der Waals surface area contributed by atoms with Crippen LogP contribution >= 0.6 is 0 Å². The van der Waals surface area contributed by atoms with E-state index in [1.54, 1.807) is 24.3 Å². The second kappa shape index (κ2) is 6.51. The number of sulfonamides is 1. The molecule has 2 rings (SSSR count). The number of rotatable bonds is 5. The number of carbonyl (C=O) groups excluding carboxylic acids is 1.